The van der Waals surface area contributed by atoms with Crippen LogP contribution < -0.4 is 33.2 Å². The van der Waals surface area contributed by atoms with E-state index < -0.39 is 0 Å². The van der Waals surface area contributed by atoms with Crippen LogP contribution in [0, 0.1) is 74.0 Å². The van der Waals surface area contributed by atoms with Gasteiger partial charge in [-0.15, -0.1) is 0 Å². The number of fused-ring (bicyclic) bond motifs is 6. The number of carbonyl (C=O) groups is 3. The predicted molar refractivity (Wildman–Crippen MR) is 352 cm³/mol. The van der Waals surface area contributed by atoms with Gasteiger partial charge in [0.05, 0.1) is 49.8 Å². The molecule has 3 heterocycles. The highest BCUT2D eigenvalue weighted by Gasteiger charge is 2.61. The Labute approximate surface area is 528 Å². The molecule has 3 aromatic heterocycles. The summed E-state index contributed by atoms with van der Waals surface area (Å²) in [7, 11) is 0. The minimum atomic E-state index is -0.269. The zero-order valence-corrected chi connectivity index (χ0v) is 51.4. The van der Waals surface area contributed by atoms with Crippen LogP contribution in [0.3, 0.4) is 0 Å². The van der Waals surface area contributed by atoms with Crippen LogP contribution in [0.15, 0.2) is 122 Å². The van der Waals surface area contributed by atoms with E-state index >= 15 is 0 Å². The second-order valence-corrected chi connectivity index (χ2v) is 26.3. The molecular weight excluding hydrogens is 1190 g/mol. The van der Waals surface area contributed by atoms with Gasteiger partial charge >= 0.3 is 0 Å². The highest BCUT2D eigenvalue weighted by atomic mass is 35.5. The molecule has 88 heavy (non-hydrogen) atoms. The first kappa shape index (κ1) is 59.4. The maximum atomic E-state index is 12.7. The monoisotopic (exact) mass is 1260 g/mol. The number of rotatable bonds is 9. The number of hydrogen-bond donors (Lipinski definition) is 9. The van der Waals surface area contributed by atoms with E-state index in [2.05, 4.69) is 30.9 Å². The van der Waals surface area contributed by atoms with Crippen molar-refractivity contribution < 1.29 is 29.7 Å². The fraction of sp³-hybridized carbons (Fsp3) is 0.304. The summed E-state index contributed by atoms with van der Waals surface area (Å²) in [4.78, 5) is 51.0. The lowest BCUT2D eigenvalue weighted by molar-refractivity contribution is -0.119. The number of benzene rings is 6. The molecule has 6 saturated carbocycles. The molecule has 15 rings (SSSR count). The number of aryl methyl sites for hydroxylation is 3. The lowest BCUT2D eigenvalue weighted by atomic mass is 9.97. The molecule has 6 fully saturated rings. The molecule has 6 unspecified atom stereocenters. The van der Waals surface area contributed by atoms with Crippen molar-refractivity contribution in [3.05, 3.63) is 158 Å². The van der Waals surface area contributed by atoms with Crippen LogP contribution in [0.5, 0.6) is 0 Å². The van der Waals surface area contributed by atoms with Crippen molar-refractivity contribution in [1.82, 2.24) is 15.0 Å². The minimum absolute atomic E-state index is 0.00582. The Hall–Kier alpha value is -7.60. The van der Waals surface area contributed by atoms with Crippen molar-refractivity contribution in [2.24, 2.45) is 53.3 Å². The lowest BCUT2D eigenvalue weighted by Crippen LogP contribution is -2.19. The van der Waals surface area contributed by atoms with Crippen molar-refractivity contribution in [2.45, 2.75) is 77.6 Å². The summed E-state index contributed by atoms with van der Waals surface area (Å²) < 4.78 is 0. The molecule has 9 aromatic rings. The first-order valence-electron chi connectivity index (χ1n) is 29.7. The third-order valence-corrected chi connectivity index (χ3v) is 20.9. The maximum absolute atomic E-state index is 12.7. The van der Waals surface area contributed by atoms with Gasteiger partial charge in [-0.25, -0.2) is 15.0 Å². The van der Waals surface area contributed by atoms with E-state index in [1.54, 1.807) is 30.7 Å². The van der Waals surface area contributed by atoms with Gasteiger partial charge in [-0.05, 0) is 164 Å². The van der Waals surface area contributed by atoms with E-state index in [-0.39, 0.29) is 65.6 Å². The first-order valence-corrected chi connectivity index (χ1v) is 31.2. The molecule has 0 bridgehead atoms. The topological polar surface area (TPSA) is 265 Å². The Kier molecular flexibility index (Phi) is 15.8. The van der Waals surface area contributed by atoms with Crippen LogP contribution in [0.25, 0.3) is 65.7 Å². The second-order valence-electron chi connectivity index (χ2n) is 24.8. The van der Waals surface area contributed by atoms with Gasteiger partial charge in [0.25, 0.3) is 0 Å². The largest absolute Gasteiger partial charge is 0.398 e. The number of nitrogens with zero attached hydrogens (tertiary/aromatic N) is 3. The molecule has 3 amide bonds. The average molecular weight is 1260 g/mol. The normalized spacial score (nSPS) is 24.9. The Balaban J connectivity index is 0.000000122. The van der Waals surface area contributed by atoms with Gasteiger partial charge in [0, 0.05) is 85.7 Å². The molecular formula is C69H65Cl4N9O6. The first-order chi connectivity index (χ1) is 42.2. The van der Waals surface area contributed by atoms with E-state index in [0.29, 0.717) is 107 Å². The van der Waals surface area contributed by atoms with Gasteiger partial charge in [0.2, 0.25) is 17.7 Å². The fourth-order valence-corrected chi connectivity index (χ4v) is 15.9. The number of nitrogen functional groups attached to an aromatic ring is 3. The lowest BCUT2D eigenvalue weighted by Gasteiger charge is -2.16. The van der Waals surface area contributed by atoms with Crippen LogP contribution in [0.2, 0.25) is 20.1 Å². The molecule has 450 valence electrons. The maximum Gasteiger partial charge on any atom is 0.229 e. The zero-order valence-electron chi connectivity index (χ0n) is 48.4. The summed E-state index contributed by atoms with van der Waals surface area (Å²) in [6.45, 7) is 6.06. The Morgan fingerprint density at radius 3 is 1.23 bits per heavy atom. The van der Waals surface area contributed by atoms with Crippen molar-refractivity contribution in [3.63, 3.8) is 0 Å². The molecule has 12 N–H and O–H groups in total. The summed E-state index contributed by atoms with van der Waals surface area (Å²) in [5.41, 5.74) is 29.0. The Morgan fingerprint density at radius 2 is 0.784 bits per heavy atom. The summed E-state index contributed by atoms with van der Waals surface area (Å²) in [5, 5.41) is 44.2. The van der Waals surface area contributed by atoms with Crippen molar-refractivity contribution in [3.8, 4) is 33.4 Å². The smallest absolute Gasteiger partial charge is 0.229 e. The predicted octanol–water partition coefficient (Wildman–Crippen LogP) is 13.9. The third kappa shape index (κ3) is 11.0. The fourth-order valence-electron chi connectivity index (χ4n) is 14.6. The van der Waals surface area contributed by atoms with Crippen LogP contribution in [0.4, 0.5) is 34.5 Å². The highest BCUT2D eigenvalue weighted by Crippen LogP contribution is 2.60. The number of aliphatic hydroxyl groups is 3. The number of amides is 3. The quantitative estimate of drug-likeness (QED) is 0.0611. The van der Waals surface area contributed by atoms with Gasteiger partial charge in [-0.3, -0.25) is 14.4 Å². The molecule has 0 saturated heterocycles. The van der Waals surface area contributed by atoms with E-state index in [9.17, 15) is 29.7 Å². The Morgan fingerprint density at radius 1 is 0.420 bits per heavy atom. The molecule has 6 aliphatic carbocycles. The van der Waals surface area contributed by atoms with Crippen LogP contribution in [-0.2, 0) is 14.4 Å². The number of pyridine rings is 3. The molecule has 12 atom stereocenters. The minimum Gasteiger partial charge on any atom is -0.398 e. The van der Waals surface area contributed by atoms with E-state index in [1.807, 2.05) is 112 Å². The van der Waals surface area contributed by atoms with Gasteiger partial charge in [-0.2, -0.15) is 0 Å². The van der Waals surface area contributed by atoms with E-state index in [0.717, 1.165) is 91.7 Å². The SMILES string of the molecule is Cc1ccccc1-c1c(Cl)c(N)c2cnc(NC(=O)C3[C@H]4CC(O)C[C@@H]34)cc2c1Cl.Cc1ccccc1-c1cc(N)c2cnc(NC(=O)C3[C@H]4CC(O)C[C@@H]34)cc2c1Cl.Cc1ccccc1-c1cc2cc(NC(=O)C3[C@H]4CC(O)C[C@@H]34)ncc2c(N)c1Cl. The molecule has 6 aliphatic rings. The number of nitrogens with one attached hydrogen (secondary N) is 3. The Bertz CT molecular complexity index is 4270. The summed E-state index contributed by atoms with van der Waals surface area (Å²) >= 11 is 26.7. The van der Waals surface area contributed by atoms with Crippen LogP contribution in [-0.4, -0.2) is 66.3 Å². The molecule has 0 radical (unpaired) electrons. The molecule has 15 nitrogen and oxygen atoms in total. The highest BCUT2D eigenvalue weighted by molar-refractivity contribution is 6.45. The molecule has 0 aliphatic heterocycles. The van der Waals surface area contributed by atoms with Crippen molar-refractivity contribution in [1.29, 1.82) is 0 Å². The summed E-state index contributed by atoms with van der Waals surface area (Å²) in [6, 6.07) is 33.1. The standard InChI is InChI=1S/C23H21Cl2N3O2.2C23H22ClN3O2/c1-10-4-2-3-5-12(10)19-20(24)15-8-17(27-9-16(15)22(26)21(19)25)28-23(30)18-13-6-11(29)7-14(13)18;1-11-4-2-3-5-14(11)17-6-12-7-19(26-10-18(12)22(25)21(17)24)27-23(29)20-15-8-13(28)9-16(15)20;1-11-4-2-3-5-13(11)16-8-19(25)18-10-26-20(9-17(18)22(16)24)27-23(29)21-14-6-12(28)7-15(14)21/h2-5,8-9,11,13-14,18,29H,6-7,26H2,1H3,(H,27,28,30);2-7,10,13,15-16,20,28H,8-9,25H2,1H3,(H,26,27,29);2-5,8-10,12,14-15,21,28H,6-7,25H2,1H3,(H,26,27,29)/t11?,13-,14+,18?;13?,15-,16+,20?;12?,14-,15+,21?. The van der Waals surface area contributed by atoms with Gasteiger partial charge < -0.3 is 48.5 Å². The van der Waals surface area contributed by atoms with E-state index in [1.165, 1.54) is 0 Å². The number of hydrogen-bond acceptors (Lipinski definition) is 12. The van der Waals surface area contributed by atoms with Crippen molar-refractivity contribution in [2.75, 3.05) is 33.2 Å². The summed E-state index contributed by atoms with van der Waals surface area (Å²) in [5.74, 6) is 3.03. The molecule has 6 aromatic carbocycles. The number of carbonyl (C=O) groups excluding carboxylic acids is 3. The zero-order chi connectivity index (χ0) is 61.7. The number of anilines is 6. The van der Waals surface area contributed by atoms with E-state index in [4.69, 9.17) is 63.6 Å². The average Bonchev–Trinajstić information content (AvgIpc) is 1.50. The number of halogens is 4. The third-order valence-electron chi connectivity index (χ3n) is 19.3. The van der Waals surface area contributed by atoms with Crippen LogP contribution in [0.1, 0.15) is 55.2 Å². The second kappa shape index (κ2) is 23.4. The van der Waals surface area contributed by atoms with Gasteiger partial charge in [0.1, 0.15) is 17.5 Å². The molecule has 19 heteroatoms. The number of nitrogens with two attached hydrogens (primary N) is 3. The van der Waals surface area contributed by atoms with Crippen LogP contribution >= 0.6 is 46.4 Å². The van der Waals surface area contributed by atoms with Gasteiger partial charge in [-0.1, -0.05) is 119 Å². The summed E-state index contributed by atoms with van der Waals surface area (Å²) in [6.07, 6.45) is 8.43. The van der Waals surface area contributed by atoms with Gasteiger partial charge in [0.15, 0.2) is 0 Å². The van der Waals surface area contributed by atoms with Crippen molar-refractivity contribution >= 4 is 131 Å². The number of aliphatic hydroxyl groups excluding tert-OH is 3. The number of aromatic nitrogens is 3. The molecule has 0 spiro atoms.